The summed E-state index contributed by atoms with van der Waals surface area (Å²) >= 11 is 0. The van der Waals surface area contributed by atoms with Crippen LogP contribution in [0.15, 0.2) is 18.3 Å². The zero-order valence-electron chi connectivity index (χ0n) is 9.67. The maximum absolute atomic E-state index is 11.9. The third kappa shape index (κ3) is 2.62. The fourth-order valence-corrected chi connectivity index (χ4v) is 1.50. The number of aliphatic carboxylic acids is 1. The lowest BCUT2D eigenvalue weighted by Gasteiger charge is -2.18. The quantitative estimate of drug-likeness (QED) is 0.836. The first-order valence-corrected chi connectivity index (χ1v) is 5.07. The summed E-state index contributed by atoms with van der Waals surface area (Å²) in [6.07, 6.45) is 1.81. The summed E-state index contributed by atoms with van der Waals surface area (Å²) in [5.41, 5.74) is 0.513. The Hall–Kier alpha value is -1.78. The maximum atomic E-state index is 11.9. The van der Waals surface area contributed by atoms with Gasteiger partial charge in [-0.05, 0) is 26.0 Å². The van der Waals surface area contributed by atoms with Crippen molar-refractivity contribution in [1.29, 1.82) is 0 Å². The van der Waals surface area contributed by atoms with Gasteiger partial charge in [-0.1, -0.05) is 0 Å². The average Bonchev–Trinajstić information content (AvgIpc) is 2.63. The molecule has 0 spiro atoms. The van der Waals surface area contributed by atoms with Gasteiger partial charge in [-0.2, -0.15) is 0 Å². The Labute approximate surface area is 94.3 Å². The molecule has 0 unspecified atom stereocenters. The predicted octanol–water partition coefficient (Wildman–Crippen LogP) is 1.23. The number of nitrogens with zero attached hydrogens (tertiary/aromatic N) is 2. The summed E-state index contributed by atoms with van der Waals surface area (Å²) in [5, 5.41) is 8.61. The second-order valence-electron chi connectivity index (χ2n) is 3.95. The van der Waals surface area contributed by atoms with Crippen LogP contribution >= 0.6 is 0 Å². The molecule has 88 valence electrons. The smallest absolute Gasteiger partial charge is 0.323 e. The lowest BCUT2D eigenvalue weighted by molar-refractivity contribution is -0.137. The number of amides is 1. The van der Waals surface area contributed by atoms with E-state index in [-0.39, 0.29) is 18.5 Å². The molecule has 16 heavy (non-hydrogen) atoms. The van der Waals surface area contributed by atoms with Gasteiger partial charge in [0.2, 0.25) is 0 Å². The van der Waals surface area contributed by atoms with Crippen molar-refractivity contribution in [2.45, 2.75) is 19.9 Å². The summed E-state index contributed by atoms with van der Waals surface area (Å²) in [4.78, 5) is 23.6. The van der Waals surface area contributed by atoms with Gasteiger partial charge in [0, 0.05) is 19.3 Å². The van der Waals surface area contributed by atoms with Gasteiger partial charge in [-0.3, -0.25) is 9.59 Å². The number of carbonyl (C=O) groups excluding carboxylic acids is 1. The minimum Gasteiger partial charge on any atom is -0.480 e. The molecule has 0 aliphatic heterocycles. The molecular formula is C11H16N2O3. The molecule has 0 aromatic carbocycles. The van der Waals surface area contributed by atoms with Gasteiger partial charge >= 0.3 is 5.97 Å². The summed E-state index contributed by atoms with van der Waals surface area (Å²) in [7, 11) is 1.48. The maximum Gasteiger partial charge on any atom is 0.323 e. The largest absolute Gasteiger partial charge is 0.480 e. The number of rotatable bonds is 4. The second kappa shape index (κ2) is 4.83. The third-order valence-electron chi connectivity index (χ3n) is 2.27. The summed E-state index contributed by atoms with van der Waals surface area (Å²) in [6, 6.07) is 3.65. The minimum absolute atomic E-state index is 0.173. The molecule has 0 atom stereocenters. The van der Waals surface area contributed by atoms with Crippen LogP contribution in [-0.2, 0) is 4.79 Å². The molecule has 0 bridgehead atoms. The number of likely N-dealkylation sites (N-methyl/N-ethyl adjacent to an activating group) is 1. The van der Waals surface area contributed by atoms with E-state index < -0.39 is 5.97 Å². The Morgan fingerprint density at radius 2 is 2.12 bits per heavy atom. The van der Waals surface area contributed by atoms with E-state index in [4.69, 9.17) is 5.11 Å². The Morgan fingerprint density at radius 1 is 1.50 bits per heavy atom. The first kappa shape index (κ1) is 12.3. The van der Waals surface area contributed by atoms with E-state index in [1.54, 1.807) is 12.1 Å². The highest BCUT2D eigenvalue weighted by molar-refractivity contribution is 5.94. The van der Waals surface area contributed by atoms with E-state index in [0.717, 1.165) is 0 Å². The summed E-state index contributed by atoms with van der Waals surface area (Å²) in [5.74, 6) is -1.29. The molecule has 1 N–H and O–H groups in total. The topological polar surface area (TPSA) is 62.5 Å². The first-order chi connectivity index (χ1) is 7.43. The number of hydrogen-bond acceptors (Lipinski definition) is 2. The third-order valence-corrected chi connectivity index (χ3v) is 2.27. The van der Waals surface area contributed by atoms with Gasteiger partial charge in [-0.15, -0.1) is 0 Å². The van der Waals surface area contributed by atoms with E-state index >= 15 is 0 Å². The SMILES string of the molecule is CC(C)n1cccc1C(=O)N(C)CC(=O)O. The van der Waals surface area contributed by atoms with Gasteiger partial charge in [-0.25, -0.2) is 0 Å². The van der Waals surface area contributed by atoms with Gasteiger partial charge in [0.05, 0.1) is 0 Å². The number of hydrogen-bond donors (Lipinski definition) is 1. The molecule has 0 radical (unpaired) electrons. The molecule has 5 nitrogen and oxygen atoms in total. The molecule has 1 aromatic heterocycles. The Bertz CT molecular complexity index is 396. The Kier molecular flexibility index (Phi) is 3.71. The van der Waals surface area contributed by atoms with E-state index in [2.05, 4.69) is 0 Å². The van der Waals surface area contributed by atoms with Gasteiger partial charge in [0.25, 0.3) is 5.91 Å². The normalized spacial score (nSPS) is 10.5. The monoisotopic (exact) mass is 224 g/mol. The molecule has 0 aliphatic carbocycles. The highest BCUT2D eigenvalue weighted by Gasteiger charge is 2.18. The molecule has 0 aliphatic rings. The number of carboxylic acid groups (broad SMARTS) is 1. The van der Waals surface area contributed by atoms with Crippen molar-refractivity contribution in [3.05, 3.63) is 24.0 Å². The fraction of sp³-hybridized carbons (Fsp3) is 0.455. The number of aromatic nitrogens is 1. The van der Waals surface area contributed by atoms with E-state index in [1.807, 2.05) is 24.6 Å². The molecule has 1 amide bonds. The van der Waals surface area contributed by atoms with Crippen LogP contribution in [0.5, 0.6) is 0 Å². The van der Waals surface area contributed by atoms with Crippen LogP contribution < -0.4 is 0 Å². The lowest BCUT2D eigenvalue weighted by Crippen LogP contribution is -2.33. The molecule has 0 saturated heterocycles. The lowest BCUT2D eigenvalue weighted by atomic mass is 10.3. The fourth-order valence-electron chi connectivity index (χ4n) is 1.50. The first-order valence-electron chi connectivity index (χ1n) is 5.07. The summed E-state index contributed by atoms with van der Waals surface area (Å²) < 4.78 is 1.82. The van der Waals surface area contributed by atoms with E-state index in [0.29, 0.717) is 5.69 Å². The average molecular weight is 224 g/mol. The Morgan fingerprint density at radius 3 is 2.62 bits per heavy atom. The minimum atomic E-state index is -1.02. The van der Waals surface area contributed by atoms with Crippen LogP contribution in [-0.4, -0.2) is 40.0 Å². The van der Waals surface area contributed by atoms with Crippen LogP contribution in [0, 0.1) is 0 Å². The Balaban J connectivity index is 2.87. The van der Waals surface area contributed by atoms with Gasteiger partial charge in [0.1, 0.15) is 12.2 Å². The predicted molar refractivity (Wildman–Crippen MR) is 59.4 cm³/mol. The molecule has 0 saturated carbocycles. The van der Waals surface area contributed by atoms with Crippen molar-refractivity contribution in [3.63, 3.8) is 0 Å². The van der Waals surface area contributed by atoms with Crippen molar-refractivity contribution >= 4 is 11.9 Å². The molecule has 0 fully saturated rings. The van der Waals surface area contributed by atoms with Crippen molar-refractivity contribution in [2.24, 2.45) is 0 Å². The van der Waals surface area contributed by atoms with Crippen LogP contribution in [0.1, 0.15) is 30.4 Å². The summed E-state index contributed by atoms with van der Waals surface area (Å²) in [6.45, 7) is 3.64. The van der Waals surface area contributed by atoms with Crippen molar-refractivity contribution < 1.29 is 14.7 Å². The number of carbonyl (C=O) groups is 2. The van der Waals surface area contributed by atoms with Gasteiger partial charge in [0.15, 0.2) is 0 Å². The molecule has 1 rings (SSSR count). The standard InChI is InChI=1S/C11H16N2O3/c1-8(2)13-6-4-5-9(13)11(16)12(3)7-10(14)15/h4-6,8H,7H2,1-3H3,(H,14,15). The van der Waals surface area contributed by atoms with Crippen LogP contribution in [0.3, 0.4) is 0 Å². The van der Waals surface area contributed by atoms with E-state index in [1.165, 1.54) is 11.9 Å². The van der Waals surface area contributed by atoms with Crippen molar-refractivity contribution in [2.75, 3.05) is 13.6 Å². The van der Waals surface area contributed by atoms with Crippen LogP contribution in [0.4, 0.5) is 0 Å². The highest BCUT2D eigenvalue weighted by atomic mass is 16.4. The zero-order chi connectivity index (χ0) is 12.3. The van der Waals surface area contributed by atoms with Crippen LogP contribution in [0.2, 0.25) is 0 Å². The molecule has 1 heterocycles. The zero-order valence-corrected chi connectivity index (χ0v) is 9.67. The van der Waals surface area contributed by atoms with Gasteiger partial charge < -0.3 is 14.6 Å². The molecule has 5 heteroatoms. The van der Waals surface area contributed by atoms with Crippen molar-refractivity contribution in [3.8, 4) is 0 Å². The molecule has 1 aromatic rings. The van der Waals surface area contributed by atoms with Crippen molar-refractivity contribution in [1.82, 2.24) is 9.47 Å². The second-order valence-corrected chi connectivity index (χ2v) is 3.95. The highest BCUT2D eigenvalue weighted by Crippen LogP contribution is 2.12. The molecular weight excluding hydrogens is 208 g/mol. The van der Waals surface area contributed by atoms with E-state index in [9.17, 15) is 9.59 Å². The number of carboxylic acids is 1. The van der Waals surface area contributed by atoms with Crippen LogP contribution in [0.25, 0.3) is 0 Å².